The SMILES string of the molecule is COC(C)(C)c1nc(N)c(I)c(C2CCCC2)n1. The van der Waals surface area contributed by atoms with E-state index in [1.165, 1.54) is 25.7 Å². The van der Waals surface area contributed by atoms with Crippen LogP contribution in [0.5, 0.6) is 0 Å². The fourth-order valence-electron chi connectivity index (χ4n) is 2.31. The molecule has 1 saturated carbocycles. The molecule has 0 aliphatic heterocycles. The van der Waals surface area contributed by atoms with Gasteiger partial charge in [0.25, 0.3) is 0 Å². The Labute approximate surface area is 122 Å². The van der Waals surface area contributed by atoms with Crippen LogP contribution in [0, 0.1) is 3.57 Å². The number of anilines is 1. The molecule has 2 N–H and O–H groups in total. The monoisotopic (exact) mass is 361 g/mol. The Bertz CT molecular complexity index is 442. The molecule has 0 aromatic carbocycles. The Morgan fingerprint density at radius 3 is 2.44 bits per heavy atom. The minimum Gasteiger partial charge on any atom is -0.383 e. The molecule has 1 heterocycles. The van der Waals surface area contributed by atoms with Crippen molar-refractivity contribution in [1.82, 2.24) is 9.97 Å². The van der Waals surface area contributed by atoms with Crippen molar-refractivity contribution in [2.45, 2.75) is 51.0 Å². The van der Waals surface area contributed by atoms with Crippen molar-refractivity contribution in [2.24, 2.45) is 0 Å². The average molecular weight is 361 g/mol. The molecule has 4 nitrogen and oxygen atoms in total. The van der Waals surface area contributed by atoms with Gasteiger partial charge in [-0.1, -0.05) is 12.8 Å². The summed E-state index contributed by atoms with van der Waals surface area (Å²) in [4.78, 5) is 9.12. The Balaban J connectivity index is 2.45. The highest BCUT2D eigenvalue weighted by Crippen LogP contribution is 2.37. The van der Waals surface area contributed by atoms with Crippen LogP contribution in [0.2, 0.25) is 0 Å². The van der Waals surface area contributed by atoms with E-state index < -0.39 is 5.60 Å². The maximum Gasteiger partial charge on any atom is 0.162 e. The van der Waals surface area contributed by atoms with Crippen LogP contribution in [0.4, 0.5) is 5.82 Å². The first-order valence-corrected chi connectivity index (χ1v) is 7.42. The molecule has 0 unspecified atom stereocenters. The van der Waals surface area contributed by atoms with E-state index in [0.29, 0.717) is 17.6 Å². The molecule has 0 bridgehead atoms. The summed E-state index contributed by atoms with van der Waals surface area (Å²) in [6, 6.07) is 0. The van der Waals surface area contributed by atoms with Crippen molar-refractivity contribution in [3.63, 3.8) is 0 Å². The predicted octanol–water partition coefficient (Wildman–Crippen LogP) is 3.20. The van der Waals surface area contributed by atoms with Crippen LogP contribution < -0.4 is 5.73 Å². The van der Waals surface area contributed by atoms with Gasteiger partial charge in [0.15, 0.2) is 5.82 Å². The molecule has 0 spiro atoms. The summed E-state index contributed by atoms with van der Waals surface area (Å²) in [5.74, 6) is 1.80. The van der Waals surface area contributed by atoms with E-state index in [1.807, 2.05) is 13.8 Å². The second-order valence-corrected chi connectivity index (χ2v) is 6.41. The summed E-state index contributed by atoms with van der Waals surface area (Å²) in [7, 11) is 1.67. The smallest absolute Gasteiger partial charge is 0.162 e. The number of nitrogens with two attached hydrogens (primary N) is 1. The predicted molar refractivity (Wildman–Crippen MR) is 80.4 cm³/mol. The largest absolute Gasteiger partial charge is 0.383 e. The van der Waals surface area contributed by atoms with Crippen LogP contribution in [-0.2, 0) is 10.3 Å². The highest BCUT2D eigenvalue weighted by molar-refractivity contribution is 14.1. The van der Waals surface area contributed by atoms with Crippen molar-refractivity contribution in [1.29, 1.82) is 0 Å². The number of hydrogen-bond donors (Lipinski definition) is 1. The van der Waals surface area contributed by atoms with Gasteiger partial charge in [0.2, 0.25) is 0 Å². The standard InChI is InChI=1S/C13H20IN3O/c1-13(2,18-3)12-16-10(8-6-4-5-7-8)9(14)11(15)17-12/h8H,4-7H2,1-3H3,(H2,15,16,17). The Morgan fingerprint density at radius 2 is 1.89 bits per heavy atom. The van der Waals surface area contributed by atoms with Gasteiger partial charge in [0.05, 0.1) is 9.26 Å². The van der Waals surface area contributed by atoms with Crippen molar-refractivity contribution >= 4 is 28.4 Å². The number of methoxy groups -OCH3 is 1. The third kappa shape index (κ3) is 2.61. The molecule has 100 valence electrons. The van der Waals surface area contributed by atoms with E-state index in [1.54, 1.807) is 7.11 Å². The van der Waals surface area contributed by atoms with Gasteiger partial charge in [-0.15, -0.1) is 0 Å². The number of ether oxygens (including phenoxy) is 1. The first-order valence-electron chi connectivity index (χ1n) is 6.34. The van der Waals surface area contributed by atoms with Crippen LogP contribution in [0.1, 0.15) is 57.0 Å². The fraction of sp³-hybridized carbons (Fsp3) is 0.692. The topological polar surface area (TPSA) is 61.0 Å². The van der Waals surface area contributed by atoms with Crippen LogP contribution in [0.3, 0.4) is 0 Å². The van der Waals surface area contributed by atoms with Crippen LogP contribution in [-0.4, -0.2) is 17.1 Å². The number of hydrogen-bond acceptors (Lipinski definition) is 4. The molecular weight excluding hydrogens is 341 g/mol. The Kier molecular flexibility index (Phi) is 4.11. The highest BCUT2D eigenvalue weighted by atomic mass is 127. The lowest BCUT2D eigenvalue weighted by Gasteiger charge is -2.23. The molecule has 1 aromatic heterocycles. The zero-order chi connectivity index (χ0) is 13.3. The normalized spacial score (nSPS) is 17.3. The fourth-order valence-corrected chi connectivity index (χ4v) is 2.99. The van der Waals surface area contributed by atoms with Gasteiger partial charge in [-0.3, -0.25) is 0 Å². The number of rotatable bonds is 3. The summed E-state index contributed by atoms with van der Waals surface area (Å²) in [6.45, 7) is 3.93. The molecule has 1 aromatic rings. The van der Waals surface area contributed by atoms with Gasteiger partial charge in [-0.25, -0.2) is 9.97 Å². The second kappa shape index (κ2) is 5.28. The van der Waals surface area contributed by atoms with E-state index in [-0.39, 0.29) is 0 Å². The Morgan fingerprint density at radius 1 is 1.28 bits per heavy atom. The number of aromatic nitrogens is 2. The maximum absolute atomic E-state index is 6.03. The minimum atomic E-state index is -0.494. The molecule has 0 amide bonds. The van der Waals surface area contributed by atoms with Gasteiger partial charge in [0, 0.05) is 13.0 Å². The first kappa shape index (κ1) is 14.0. The maximum atomic E-state index is 6.03. The van der Waals surface area contributed by atoms with E-state index in [0.717, 1.165) is 9.26 Å². The molecule has 0 saturated heterocycles. The lowest BCUT2D eigenvalue weighted by molar-refractivity contribution is 0.0113. The third-order valence-electron chi connectivity index (χ3n) is 3.69. The number of halogens is 1. The number of nitrogens with zero attached hydrogens (tertiary/aromatic N) is 2. The molecule has 18 heavy (non-hydrogen) atoms. The average Bonchev–Trinajstić information content (AvgIpc) is 2.85. The molecule has 1 aliphatic carbocycles. The summed E-state index contributed by atoms with van der Waals surface area (Å²) < 4.78 is 6.46. The van der Waals surface area contributed by atoms with Gasteiger partial charge >= 0.3 is 0 Å². The van der Waals surface area contributed by atoms with Gasteiger partial charge in [-0.05, 0) is 49.3 Å². The minimum absolute atomic E-state index is 0.494. The van der Waals surface area contributed by atoms with E-state index in [4.69, 9.17) is 15.5 Å². The first-order chi connectivity index (χ1) is 8.45. The zero-order valence-corrected chi connectivity index (χ0v) is 13.3. The lowest BCUT2D eigenvalue weighted by atomic mass is 10.0. The van der Waals surface area contributed by atoms with Crippen LogP contribution >= 0.6 is 22.6 Å². The van der Waals surface area contributed by atoms with Crippen molar-refractivity contribution in [3.8, 4) is 0 Å². The molecule has 2 rings (SSSR count). The van der Waals surface area contributed by atoms with E-state index in [9.17, 15) is 0 Å². The lowest BCUT2D eigenvalue weighted by Crippen LogP contribution is -2.25. The van der Waals surface area contributed by atoms with E-state index >= 15 is 0 Å². The molecule has 1 aliphatic rings. The summed E-state index contributed by atoms with van der Waals surface area (Å²) in [5, 5.41) is 0. The number of nitrogen functional groups attached to an aromatic ring is 1. The van der Waals surface area contributed by atoms with Crippen LogP contribution in [0.25, 0.3) is 0 Å². The highest BCUT2D eigenvalue weighted by Gasteiger charge is 2.28. The summed E-state index contributed by atoms with van der Waals surface area (Å²) >= 11 is 2.26. The second-order valence-electron chi connectivity index (χ2n) is 5.33. The van der Waals surface area contributed by atoms with E-state index in [2.05, 4.69) is 27.6 Å². The quantitative estimate of drug-likeness (QED) is 0.840. The molecule has 5 heteroatoms. The van der Waals surface area contributed by atoms with Gasteiger partial charge in [-0.2, -0.15) is 0 Å². The van der Waals surface area contributed by atoms with Crippen molar-refractivity contribution < 1.29 is 4.74 Å². The van der Waals surface area contributed by atoms with Crippen molar-refractivity contribution in [2.75, 3.05) is 12.8 Å². The van der Waals surface area contributed by atoms with Gasteiger partial charge < -0.3 is 10.5 Å². The zero-order valence-electron chi connectivity index (χ0n) is 11.2. The summed E-state index contributed by atoms with van der Waals surface area (Å²) in [5.41, 5.74) is 6.64. The summed E-state index contributed by atoms with van der Waals surface area (Å²) in [6.07, 6.45) is 4.99. The van der Waals surface area contributed by atoms with Crippen molar-refractivity contribution in [3.05, 3.63) is 15.1 Å². The Hall–Kier alpha value is -0.430. The third-order valence-corrected chi connectivity index (χ3v) is 4.80. The molecular formula is C13H20IN3O. The van der Waals surface area contributed by atoms with Crippen LogP contribution in [0.15, 0.2) is 0 Å². The molecule has 0 atom stereocenters. The molecule has 0 radical (unpaired) electrons. The van der Waals surface area contributed by atoms with Gasteiger partial charge in [0.1, 0.15) is 11.4 Å². The molecule has 1 fully saturated rings.